The van der Waals surface area contributed by atoms with Gasteiger partial charge < -0.3 is 24.8 Å². The molecule has 0 heterocycles. The first kappa shape index (κ1) is 29.9. The van der Waals surface area contributed by atoms with Gasteiger partial charge in [0, 0.05) is 0 Å². The molecule has 0 aromatic heterocycles. The fourth-order valence-electron chi connectivity index (χ4n) is 5.71. The predicted molar refractivity (Wildman–Crippen MR) is 150 cm³/mol. The first-order valence-electron chi connectivity index (χ1n) is 13.0. The van der Waals surface area contributed by atoms with Gasteiger partial charge in [0.2, 0.25) is 0 Å². The maximum atomic E-state index is 2.49. The van der Waals surface area contributed by atoms with Crippen molar-refractivity contribution in [3.8, 4) is 11.1 Å². The Labute approximate surface area is 242 Å². The largest absolute Gasteiger partial charge is 1.00 e. The molecule has 3 aromatic rings. The van der Waals surface area contributed by atoms with E-state index >= 15 is 0 Å². The summed E-state index contributed by atoms with van der Waals surface area (Å²) in [5, 5.41) is 0. The summed E-state index contributed by atoms with van der Waals surface area (Å²) in [5.41, 5.74) is 10.7. The monoisotopic (exact) mass is 564 g/mol. The Bertz CT molecular complexity index is 1390. The van der Waals surface area contributed by atoms with Crippen molar-refractivity contribution in [2.24, 2.45) is 0 Å². The minimum Gasteiger partial charge on any atom is -1.00 e. The molecule has 0 aliphatic heterocycles. The Balaban J connectivity index is 0.00000190. The minimum atomic E-state index is -1.99. The first-order chi connectivity index (χ1) is 16.6. The van der Waals surface area contributed by atoms with Crippen LogP contribution in [0.5, 0.6) is 0 Å². The van der Waals surface area contributed by atoms with Crippen molar-refractivity contribution in [2.45, 2.75) is 72.1 Å². The van der Waals surface area contributed by atoms with Gasteiger partial charge in [0.1, 0.15) is 0 Å². The van der Waals surface area contributed by atoms with E-state index in [9.17, 15) is 0 Å². The molecule has 0 fully saturated rings. The molecular weight excluding hydrogens is 527 g/mol. The molecule has 0 saturated heterocycles. The van der Waals surface area contributed by atoms with Crippen LogP contribution in [0.1, 0.15) is 82.7 Å². The third-order valence-corrected chi connectivity index (χ3v) is 12.6. The summed E-state index contributed by atoms with van der Waals surface area (Å²) in [6, 6.07) is 23.3. The molecule has 37 heavy (non-hydrogen) atoms. The fourth-order valence-corrected chi connectivity index (χ4v) is 11.1. The Kier molecular flexibility index (Phi) is 9.03. The molecule has 5 rings (SSSR count). The molecule has 192 valence electrons. The molecule has 0 saturated carbocycles. The van der Waals surface area contributed by atoms with E-state index < -0.39 is 17.4 Å². The zero-order valence-corrected chi connectivity index (χ0v) is 26.2. The van der Waals surface area contributed by atoms with Gasteiger partial charge in [-0.05, 0) is 0 Å². The summed E-state index contributed by atoms with van der Waals surface area (Å²) in [5.74, 6) is 0. The van der Waals surface area contributed by atoms with Gasteiger partial charge in [0.15, 0.2) is 0 Å². The molecule has 0 radical (unpaired) electrons. The van der Waals surface area contributed by atoms with Crippen LogP contribution in [0.25, 0.3) is 11.1 Å². The Morgan fingerprint density at radius 2 is 1.46 bits per heavy atom. The molecular formula is C34H38Cl2Ti. The van der Waals surface area contributed by atoms with E-state index in [1.54, 1.807) is 22.7 Å². The summed E-state index contributed by atoms with van der Waals surface area (Å²) in [6.07, 6.45) is 9.24. The number of fused-ring (bicyclic) bond motifs is 3. The normalized spacial score (nSPS) is 14.2. The molecule has 2 aliphatic carbocycles. The van der Waals surface area contributed by atoms with Crippen molar-refractivity contribution >= 4 is 7.68 Å². The second kappa shape index (κ2) is 11.2. The average molecular weight is 565 g/mol. The van der Waals surface area contributed by atoms with Crippen molar-refractivity contribution in [2.75, 3.05) is 0 Å². The number of rotatable bonds is 3. The van der Waals surface area contributed by atoms with Crippen LogP contribution >= 0.6 is 0 Å². The summed E-state index contributed by atoms with van der Waals surface area (Å²) < 4.78 is 5.00. The molecule has 3 heteroatoms. The van der Waals surface area contributed by atoms with Crippen LogP contribution in [0.2, 0.25) is 0 Å². The van der Waals surface area contributed by atoms with E-state index in [0.29, 0.717) is 0 Å². The first-order valence-corrected chi connectivity index (χ1v) is 15.3. The smallest absolute Gasteiger partial charge is 1.00 e. The van der Waals surface area contributed by atoms with Crippen LogP contribution in [-0.4, -0.2) is 3.81 Å². The van der Waals surface area contributed by atoms with Gasteiger partial charge in [-0.1, -0.05) is 0 Å². The predicted octanol–water partition coefficient (Wildman–Crippen LogP) is 2.19. The summed E-state index contributed by atoms with van der Waals surface area (Å²) in [4.78, 5) is 0. The van der Waals surface area contributed by atoms with E-state index in [-0.39, 0.29) is 35.6 Å². The maximum absolute atomic E-state index is 2.49. The van der Waals surface area contributed by atoms with E-state index in [2.05, 4.69) is 127 Å². The molecule has 0 spiro atoms. The zero-order chi connectivity index (χ0) is 25.0. The molecule has 2 aliphatic rings. The number of hydrogen-bond acceptors (Lipinski definition) is 0. The number of hydrogen-bond donors (Lipinski definition) is 0. The molecule has 0 amide bonds. The third kappa shape index (κ3) is 5.69. The van der Waals surface area contributed by atoms with Crippen LogP contribution in [0.4, 0.5) is 0 Å². The Morgan fingerprint density at radius 3 is 2.05 bits per heavy atom. The SMILES string of the molecule is C/[C](c1ccccc1)=[Ti+2](\[C]1=CC=CC1)[c]1c(C(C)(C)C)ccc2c1Cc1cc(C(C)(C)C)ccc1-2.[Cl-].[Cl-]. The van der Waals surface area contributed by atoms with E-state index in [1.807, 2.05) is 0 Å². The topological polar surface area (TPSA) is 0 Å². The second-order valence-corrected chi connectivity index (χ2v) is 16.4. The molecule has 0 bridgehead atoms. The van der Waals surface area contributed by atoms with Crippen LogP contribution < -0.4 is 28.7 Å². The zero-order valence-electron chi connectivity index (χ0n) is 23.2. The molecule has 0 atom stereocenters. The second-order valence-electron chi connectivity index (χ2n) is 12.3. The maximum Gasteiger partial charge on any atom is -1.00 e. The molecule has 3 aromatic carbocycles. The van der Waals surface area contributed by atoms with Crippen molar-refractivity contribution in [1.82, 2.24) is 0 Å². The van der Waals surface area contributed by atoms with Gasteiger partial charge in [-0.25, -0.2) is 0 Å². The van der Waals surface area contributed by atoms with Gasteiger partial charge in [-0.2, -0.15) is 0 Å². The fraction of sp³-hybridized carbons (Fsp3) is 0.324. The van der Waals surface area contributed by atoms with Gasteiger partial charge in [0.25, 0.3) is 0 Å². The quantitative estimate of drug-likeness (QED) is 0.335. The van der Waals surface area contributed by atoms with Crippen LogP contribution in [0.15, 0.2) is 82.8 Å². The summed E-state index contributed by atoms with van der Waals surface area (Å²) in [6.45, 7) is 16.6. The van der Waals surface area contributed by atoms with Gasteiger partial charge in [-0.15, -0.1) is 0 Å². The van der Waals surface area contributed by atoms with E-state index in [1.165, 1.54) is 27.8 Å². The van der Waals surface area contributed by atoms with Crippen molar-refractivity contribution < 1.29 is 42.2 Å². The third-order valence-electron chi connectivity index (χ3n) is 7.67. The number of allylic oxidation sites excluding steroid dienone is 4. The van der Waals surface area contributed by atoms with Crippen molar-refractivity contribution in [1.29, 1.82) is 0 Å². The van der Waals surface area contributed by atoms with Crippen molar-refractivity contribution in [3.63, 3.8) is 0 Å². The molecule has 0 nitrogen and oxygen atoms in total. The average Bonchev–Trinajstić information content (AvgIpc) is 3.46. The number of halogens is 2. The van der Waals surface area contributed by atoms with E-state index in [4.69, 9.17) is 0 Å². The van der Waals surface area contributed by atoms with Gasteiger partial charge >= 0.3 is 219 Å². The van der Waals surface area contributed by atoms with Crippen molar-refractivity contribution in [3.05, 3.63) is 111 Å². The Morgan fingerprint density at radius 1 is 0.784 bits per heavy atom. The molecule has 0 N–H and O–H groups in total. The minimum absolute atomic E-state index is 0. The summed E-state index contributed by atoms with van der Waals surface area (Å²) >= 11 is -1.99. The molecule has 0 unspecified atom stereocenters. The van der Waals surface area contributed by atoms with Crippen LogP contribution in [0.3, 0.4) is 0 Å². The summed E-state index contributed by atoms with van der Waals surface area (Å²) in [7, 11) is 0. The standard InChI is InChI=1S/C21H25.C8H8.C5H5.2ClH.Ti/c1-20(2,3)16-7-9-18-14(12-16)11-15-13-17(21(4,5)6)8-10-19(15)18;1-2-8-6-4-3-5-7-8;1-2-4-5-3-1;;;/h7-10,12H,11H2,1-6H3;3-7H,1H3;1-3H,4H2;2*1H;/q;;;;;+2/p-2. The number of benzene rings is 3. The van der Waals surface area contributed by atoms with Crippen LogP contribution in [0, 0.1) is 0 Å². The van der Waals surface area contributed by atoms with Crippen LogP contribution in [-0.2, 0) is 34.7 Å². The van der Waals surface area contributed by atoms with E-state index in [0.717, 1.165) is 12.8 Å². The Hall–Kier alpha value is -1.70. The van der Waals surface area contributed by atoms with Gasteiger partial charge in [-0.3, -0.25) is 0 Å². The van der Waals surface area contributed by atoms with Gasteiger partial charge in [0.05, 0.1) is 0 Å².